The zero-order chi connectivity index (χ0) is 13.3. The van der Waals surface area contributed by atoms with Gasteiger partial charge in [0.2, 0.25) is 0 Å². The third-order valence-electron chi connectivity index (χ3n) is 2.17. The monoisotopic (exact) mass is 302 g/mol. The van der Waals surface area contributed by atoms with E-state index < -0.39 is 11.7 Å². The van der Waals surface area contributed by atoms with Gasteiger partial charge in [-0.3, -0.25) is 4.79 Å². The molecule has 0 aliphatic heterocycles. The lowest BCUT2D eigenvalue weighted by Gasteiger charge is -2.03. The Kier molecular flexibility index (Phi) is 4.63. The Morgan fingerprint density at radius 2 is 2.00 bits per heavy atom. The van der Waals surface area contributed by atoms with Gasteiger partial charge in [0.05, 0.1) is 10.5 Å². The van der Waals surface area contributed by atoms with E-state index in [0.29, 0.717) is 10.9 Å². The number of halogens is 3. The van der Waals surface area contributed by atoms with E-state index in [9.17, 15) is 9.18 Å². The Bertz CT molecular complexity index is 671. The lowest BCUT2D eigenvalue weighted by atomic mass is 10.2. The molecule has 0 aliphatic carbocycles. The number of carbonyl (C=O) groups is 1. The van der Waals surface area contributed by atoms with Crippen LogP contribution in [0.2, 0.25) is 5.02 Å². The largest absolute Gasteiger partial charge is 0.370 e. The second-order valence-electron chi connectivity index (χ2n) is 3.49. The number of nitrogens with zero attached hydrogens (tertiary/aromatic N) is 2. The van der Waals surface area contributed by atoms with Gasteiger partial charge in [-0.05, 0) is 24.3 Å². The second kappa shape index (κ2) is 5.81. The third-order valence-corrected chi connectivity index (χ3v) is 2.48. The van der Waals surface area contributed by atoms with Crippen molar-refractivity contribution in [3.63, 3.8) is 0 Å². The molecule has 1 aromatic carbocycles. The number of rotatable bonds is 1. The first-order valence-electron chi connectivity index (χ1n) is 4.87. The molecule has 100 valence electrons. The van der Waals surface area contributed by atoms with E-state index in [-0.39, 0.29) is 29.1 Å². The standard InChI is InChI=1S/C11H8ClFN4O.ClH/c12-7-4-9(10(18)17-11(14)15)16-8-2-1-5(13)3-6(7)8;/h1-4H,(H4,14,15,17,18);1H. The van der Waals surface area contributed by atoms with Crippen molar-refractivity contribution in [1.29, 1.82) is 0 Å². The molecular weight excluding hydrogens is 294 g/mol. The Balaban J connectivity index is 0.00000180. The molecule has 0 radical (unpaired) electrons. The molecule has 1 amide bonds. The van der Waals surface area contributed by atoms with E-state index in [1.165, 1.54) is 24.3 Å². The molecule has 2 aromatic rings. The van der Waals surface area contributed by atoms with Crippen LogP contribution in [-0.4, -0.2) is 16.9 Å². The molecule has 0 saturated heterocycles. The second-order valence-corrected chi connectivity index (χ2v) is 3.90. The van der Waals surface area contributed by atoms with Gasteiger partial charge < -0.3 is 11.5 Å². The number of hydrogen-bond acceptors (Lipinski definition) is 2. The molecule has 0 spiro atoms. The molecule has 0 bridgehead atoms. The minimum absolute atomic E-state index is 0. The third kappa shape index (κ3) is 3.30. The average Bonchev–Trinajstić information content (AvgIpc) is 2.29. The highest BCUT2D eigenvalue weighted by Crippen LogP contribution is 2.24. The molecule has 0 aliphatic rings. The summed E-state index contributed by atoms with van der Waals surface area (Å²) in [6.07, 6.45) is 0. The van der Waals surface area contributed by atoms with Gasteiger partial charge >= 0.3 is 0 Å². The van der Waals surface area contributed by atoms with Crippen LogP contribution in [0.5, 0.6) is 0 Å². The summed E-state index contributed by atoms with van der Waals surface area (Å²) in [6.45, 7) is 0. The fourth-order valence-corrected chi connectivity index (χ4v) is 1.70. The lowest BCUT2D eigenvalue weighted by molar-refractivity contribution is 0.0998. The van der Waals surface area contributed by atoms with Crippen LogP contribution < -0.4 is 11.5 Å². The Morgan fingerprint density at radius 3 is 2.63 bits per heavy atom. The Hall–Kier alpha value is -1.92. The summed E-state index contributed by atoms with van der Waals surface area (Å²) in [5, 5.41) is 0.617. The zero-order valence-corrected chi connectivity index (χ0v) is 11.0. The molecule has 0 saturated carbocycles. The fourth-order valence-electron chi connectivity index (χ4n) is 1.44. The first kappa shape index (κ1) is 15.1. The summed E-state index contributed by atoms with van der Waals surface area (Å²) in [6, 6.07) is 5.17. The maximum absolute atomic E-state index is 13.0. The summed E-state index contributed by atoms with van der Waals surface area (Å²) < 4.78 is 13.0. The van der Waals surface area contributed by atoms with Crippen LogP contribution in [0.1, 0.15) is 10.5 Å². The number of amides is 1. The number of carbonyl (C=O) groups excluding carboxylic acids is 1. The predicted molar refractivity (Wildman–Crippen MR) is 74.1 cm³/mol. The van der Waals surface area contributed by atoms with Crippen molar-refractivity contribution >= 4 is 46.8 Å². The minimum atomic E-state index is -0.705. The molecular formula is C11H9Cl2FN4O. The van der Waals surface area contributed by atoms with Crippen LogP contribution in [0.15, 0.2) is 29.3 Å². The summed E-state index contributed by atoms with van der Waals surface area (Å²) in [5.41, 5.74) is 10.6. The van der Waals surface area contributed by atoms with Gasteiger partial charge in [-0.2, -0.15) is 4.99 Å². The highest BCUT2D eigenvalue weighted by molar-refractivity contribution is 6.35. The molecule has 0 unspecified atom stereocenters. The molecule has 1 aromatic heterocycles. The molecule has 0 atom stereocenters. The smallest absolute Gasteiger partial charge is 0.298 e. The van der Waals surface area contributed by atoms with Gasteiger partial charge in [0.1, 0.15) is 11.5 Å². The minimum Gasteiger partial charge on any atom is -0.370 e. The van der Waals surface area contributed by atoms with Crippen molar-refractivity contribution in [2.24, 2.45) is 16.5 Å². The van der Waals surface area contributed by atoms with Gasteiger partial charge in [-0.1, -0.05) is 11.6 Å². The van der Waals surface area contributed by atoms with Gasteiger partial charge in [0.25, 0.3) is 5.91 Å². The molecule has 2 rings (SSSR count). The normalized spacial score (nSPS) is 9.79. The van der Waals surface area contributed by atoms with Crippen molar-refractivity contribution in [2.75, 3.05) is 0 Å². The first-order valence-corrected chi connectivity index (χ1v) is 5.25. The number of benzene rings is 1. The molecule has 1 heterocycles. The number of pyridine rings is 1. The first-order chi connectivity index (χ1) is 8.47. The van der Waals surface area contributed by atoms with Gasteiger partial charge in [0, 0.05) is 5.39 Å². The van der Waals surface area contributed by atoms with Gasteiger partial charge in [-0.15, -0.1) is 12.4 Å². The summed E-state index contributed by atoms with van der Waals surface area (Å²) in [4.78, 5) is 18.9. The molecule has 5 nitrogen and oxygen atoms in total. The van der Waals surface area contributed by atoms with Crippen molar-refractivity contribution in [1.82, 2.24) is 4.98 Å². The highest BCUT2D eigenvalue weighted by atomic mass is 35.5. The van der Waals surface area contributed by atoms with Crippen LogP contribution in [0.4, 0.5) is 4.39 Å². The van der Waals surface area contributed by atoms with Crippen LogP contribution in [0.25, 0.3) is 10.9 Å². The number of nitrogens with two attached hydrogens (primary N) is 2. The van der Waals surface area contributed by atoms with Crippen LogP contribution in [-0.2, 0) is 0 Å². The van der Waals surface area contributed by atoms with Crippen LogP contribution in [0, 0.1) is 5.82 Å². The van der Waals surface area contributed by atoms with E-state index in [2.05, 4.69) is 9.98 Å². The van der Waals surface area contributed by atoms with Gasteiger partial charge in [-0.25, -0.2) is 9.37 Å². The molecule has 0 fully saturated rings. The van der Waals surface area contributed by atoms with E-state index in [0.717, 1.165) is 0 Å². The number of aliphatic imine (C=N–C) groups is 1. The van der Waals surface area contributed by atoms with E-state index in [1.807, 2.05) is 0 Å². The number of aromatic nitrogens is 1. The SMILES string of the molecule is Cl.NC(N)=NC(=O)c1cc(Cl)c2cc(F)ccc2n1. The topological polar surface area (TPSA) is 94.4 Å². The van der Waals surface area contributed by atoms with Crippen LogP contribution >= 0.6 is 24.0 Å². The number of guanidine groups is 1. The lowest BCUT2D eigenvalue weighted by Crippen LogP contribution is -2.24. The van der Waals surface area contributed by atoms with Crippen LogP contribution in [0.3, 0.4) is 0 Å². The van der Waals surface area contributed by atoms with E-state index in [1.54, 1.807) is 0 Å². The summed E-state index contributed by atoms with van der Waals surface area (Å²) in [7, 11) is 0. The highest BCUT2D eigenvalue weighted by Gasteiger charge is 2.11. The Labute approximate surface area is 118 Å². The fraction of sp³-hybridized carbons (Fsp3) is 0. The Morgan fingerprint density at radius 1 is 1.32 bits per heavy atom. The predicted octanol–water partition coefficient (Wildman–Crippen LogP) is 1.86. The maximum atomic E-state index is 13.0. The molecule has 4 N–H and O–H groups in total. The van der Waals surface area contributed by atoms with E-state index >= 15 is 0 Å². The van der Waals surface area contributed by atoms with E-state index in [4.69, 9.17) is 23.1 Å². The van der Waals surface area contributed by atoms with Gasteiger partial charge in [0.15, 0.2) is 5.96 Å². The summed E-state index contributed by atoms with van der Waals surface area (Å²) >= 11 is 5.94. The van der Waals surface area contributed by atoms with Crippen molar-refractivity contribution < 1.29 is 9.18 Å². The van der Waals surface area contributed by atoms with Crippen molar-refractivity contribution in [3.8, 4) is 0 Å². The van der Waals surface area contributed by atoms with Crippen molar-refractivity contribution in [2.45, 2.75) is 0 Å². The maximum Gasteiger partial charge on any atom is 0.298 e. The van der Waals surface area contributed by atoms with Crippen molar-refractivity contribution in [3.05, 3.63) is 40.8 Å². The summed E-state index contributed by atoms with van der Waals surface area (Å²) in [5.74, 6) is -1.50. The average molecular weight is 303 g/mol. The quantitative estimate of drug-likeness (QED) is 0.621. The zero-order valence-electron chi connectivity index (χ0n) is 9.43. The molecule has 19 heavy (non-hydrogen) atoms. The number of fused-ring (bicyclic) bond motifs is 1. The molecule has 8 heteroatoms. The number of hydrogen-bond donors (Lipinski definition) is 2.